The van der Waals surface area contributed by atoms with Crippen molar-refractivity contribution in [1.29, 1.82) is 0 Å². The first-order valence-electron chi connectivity index (χ1n) is 6.83. The quantitative estimate of drug-likeness (QED) is 0.756. The van der Waals surface area contributed by atoms with Crippen molar-refractivity contribution in [1.82, 2.24) is 9.78 Å². The Morgan fingerprint density at radius 1 is 1.24 bits per heavy atom. The van der Waals surface area contributed by atoms with Gasteiger partial charge in [0.15, 0.2) is 0 Å². The molecule has 0 fully saturated rings. The van der Waals surface area contributed by atoms with Crippen molar-refractivity contribution in [3.05, 3.63) is 18.0 Å². The van der Waals surface area contributed by atoms with Crippen LogP contribution in [0, 0.1) is 5.92 Å². The summed E-state index contributed by atoms with van der Waals surface area (Å²) >= 11 is 0. The normalized spacial score (nSPS) is 13.2. The molecular formula is C14H26N2O. The fourth-order valence-corrected chi connectivity index (χ4v) is 2.42. The molecule has 0 saturated heterocycles. The van der Waals surface area contributed by atoms with Gasteiger partial charge in [-0.05, 0) is 37.2 Å². The monoisotopic (exact) mass is 238 g/mol. The standard InChI is InChI=1S/C14H26N2O/c1-4-6-13(7-5-2)14(17)9-8-12-10-15-16(3)11-12/h10-11,13-14,17H,4-9H2,1-3H3. The van der Waals surface area contributed by atoms with Gasteiger partial charge in [0.05, 0.1) is 12.3 Å². The van der Waals surface area contributed by atoms with E-state index in [-0.39, 0.29) is 6.10 Å². The van der Waals surface area contributed by atoms with Gasteiger partial charge in [0.1, 0.15) is 0 Å². The van der Waals surface area contributed by atoms with Crippen molar-refractivity contribution < 1.29 is 5.11 Å². The lowest BCUT2D eigenvalue weighted by Crippen LogP contribution is -2.21. The second kappa shape index (κ2) is 7.49. The molecule has 0 aromatic carbocycles. The first kappa shape index (κ1) is 14.2. The topological polar surface area (TPSA) is 38.1 Å². The van der Waals surface area contributed by atoms with Gasteiger partial charge < -0.3 is 5.11 Å². The molecule has 3 heteroatoms. The third-order valence-electron chi connectivity index (χ3n) is 3.35. The van der Waals surface area contributed by atoms with Crippen LogP contribution in [0.1, 0.15) is 51.5 Å². The van der Waals surface area contributed by atoms with Crippen molar-refractivity contribution in [3.8, 4) is 0 Å². The summed E-state index contributed by atoms with van der Waals surface area (Å²) in [5.41, 5.74) is 1.22. The fraction of sp³-hybridized carbons (Fsp3) is 0.786. The molecule has 98 valence electrons. The molecule has 0 aliphatic carbocycles. The molecule has 17 heavy (non-hydrogen) atoms. The third kappa shape index (κ3) is 4.90. The van der Waals surface area contributed by atoms with Gasteiger partial charge >= 0.3 is 0 Å². The Kier molecular flexibility index (Phi) is 6.27. The van der Waals surface area contributed by atoms with E-state index in [0.29, 0.717) is 5.92 Å². The molecule has 1 unspecified atom stereocenters. The van der Waals surface area contributed by atoms with Crippen LogP contribution in [-0.4, -0.2) is 21.0 Å². The highest BCUT2D eigenvalue weighted by atomic mass is 16.3. The summed E-state index contributed by atoms with van der Waals surface area (Å²) in [6, 6.07) is 0. The number of hydrogen-bond acceptors (Lipinski definition) is 2. The van der Waals surface area contributed by atoms with Crippen LogP contribution in [0.5, 0.6) is 0 Å². The molecule has 1 aromatic heterocycles. The van der Waals surface area contributed by atoms with E-state index in [4.69, 9.17) is 0 Å². The predicted molar refractivity (Wildman–Crippen MR) is 70.8 cm³/mol. The van der Waals surface area contributed by atoms with Gasteiger partial charge in [-0.2, -0.15) is 5.10 Å². The highest BCUT2D eigenvalue weighted by molar-refractivity contribution is 5.03. The molecule has 0 amide bonds. The van der Waals surface area contributed by atoms with Crippen molar-refractivity contribution >= 4 is 0 Å². The van der Waals surface area contributed by atoms with Gasteiger partial charge in [0, 0.05) is 13.2 Å². The summed E-state index contributed by atoms with van der Waals surface area (Å²) in [4.78, 5) is 0. The minimum absolute atomic E-state index is 0.157. The summed E-state index contributed by atoms with van der Waals surface area (Å²) in [6.07, 6.45) is 10.2. The zero-order chi connectivity index (χ0) is 12.7. The SMILES string of the molecule is CCCC(CCC)C(O)CCc1cnn(C)c1. The van der Waals surface area contributed by atoms with E-state index in [0.717, 1.165) is 38.5 Å². The summed E-state index contributed by atoms with van der Waals surface area (Å²) < 4.78 is 1.82. The Hall–Kier alpha value is -0.830. The lowest BCUT2D eigenvalue weighted by Gasteiger charge is -2.21. The third-order valence-corrected chi connectivity index (χ3v) is 3.35. The second-order valence-electron chi connectivity index (χ2n) is 4.97. The summed E-state index contributed by atoms with van der Waals surface area (Å²) in [5, 5.41) is 14.4. The summed E-state index contributed by atoms with van der Waals surface area (Å²) in [6.45, 7) is 4.38. The molecule has 0 aliphatic heterocycles. The van der Waals surface area contributed by atoms with Crippen LogP contribution in [0.25, 0.3) is 0 Å². The maximum atomic E-state index is 10.2. The Labute approximate surface area is 105 Å². The second-order valence-corrected chi connectivity index (χ2v) is 4.97. The highest BCUT2D eigenvalue weighted by Crippen LogP contribution is 2.21. The first-order chi connectivity index (χ1) is 8.17. The van der Waals surface area contributed by atoms with Crippen molar-refractivity contribution in [2.45, 2.75) is 58.5 Å². The lowest BCUT2D eigenvalue weighted by atomic mass is 9.89. The van der Waals surface area contributed by atoms with Crippen LogP contribution in [-0.2, 0) is 13.5 Å². The number of nitrogens with zero attached hydrogens (tertiary/aromatic N) is 2. The summed E-state index contributed by atoms with van der Waals surface area (Å²) in [7, 11) is 1.93. The molecule has 3 nitrogen and oxygen atoms in total. The summed E-state index contributed by atoms with van der Waals surface area (Å²) in [5.74, 6) is 0.474. The average molecular weight is 238 g/mol. The zero-order valence-electron chi connectivity index (χ0n) is 11.4. The number of rotatable bonds is 8. The van der Waals surface area contributed by atoms with Gasteiger partial charge in [-0.3, -0.25) is 4.68 Å². The largest absolute Gasteiger partial charge is 0.393 e. The van der Waals surface area contributed by atoms with Crippen molar-refractivity contribution in [2.24, 2.45) is 13.0 Å². The number of aromatic nitrogens is 2. The molecule has 1 atom stereocenters. The van der Waals surface area contributed by atoms with E-state index >= 15 is 0 Å². The number of aliphatic hydroxyl groups is 1. The molecule has 0 aliphatic rings. The van der Waals surface area contributed by atoms with Crippen LogP contribution in [0.2, 0.25) is 0 Å². The molecule has 0 radical (unpaired) electrons. The Bertz CT molecular complexity index is 303. The lowest BCUT2D eigenvalue weighted by molar-refractivity contribution is 0.0882. The van der Waals surface area contributed by atoms with Crippen molar-refractivity contribution in [3.63, 3.8) is 0 Å². The van der Waals surface area contributed by atoms with Crippen LogP contribution < -0.4 is 0 Å². The van der Waals surface area contributed by atoms with Crippen LogP contribution >= 0.6 is 0 Å². The van der Waals surface area contributed by atoms with E-state index in [1.165, 1.54) is 5.56 Å². The molecule has 0 bridgehead atoms. The number of aryl methyl sites for hydroxylation is 2. The molecule has 1 aromatic rings. The van der Waals surface area contributed by atoms with Gasteiger partial charge in [0.2, 0.25) is 0 Å². The van der Waals surface area contributed by atoms with Crippen molar-refractivity contribution in [2.75, 3.05) is 0 Å². The van der Waals surface area contributed by atoms with Crippen LogP contribution in [0.3, 0.4) is 0 Å². The molecule has 0 saturated carbocycles. The van der Waals surface area contributed by atoms with E-state index in [9.17, 15) is 5.11 Å². The minimum Gasteiger partial charge on any atom is -0.393 e. The molecule has 1 heterocycles. The smallest absolute Gasteiger partial charge is 0.0571 e. The average Bonchev–Trinajstić information content (AvgIpc) is 2.72. The van der Waals surface area contributed by atoms with Crippen LogP contribution in [0.15, 0.2) is 12.4 Å². The number of aliphatic hydroxyl groups excluding tert-OH is 1. The molecular weight excluding hydrogens is 212 g/mol. The maximum absolute atomic E-state index is 10.2. The van der Waals surface area contributed by atoms with Gasteiger partial charge in [-0.1, -0.05) is 26.7 Å². The van der Waals surface area contributed by atoms with Crippen LogP contribution in [0.4, 0.5) is 0 Å². The molecule has 1 N–H and O–H groups in total. The minimum atomic E-state index is -0.157. The number of hydrogen-bond donors (Lipinski definition) is 1. The van der Waals surface area contributed by atoms with Gasteiger partial charge in [0.25, 0.3) is 0 Å². The van der Waals surface area contributed by atoms with E-state index in [1.807, 2.05) is 24.1 Å². The van der Waals surface area contributed by atoms with E-state index in [1.54, 1.807) is 0 Å². The fourth-order valence-electron chi connectivity index (χ4n) is 2.42. The van der Waals surface area contributed by atoms with E-state index in [2.05, 4.69) is 18.9 Å². The Morgan fingerprint density at radius 2 is 1.88 bits per heavy atom. The Balaban J connectivity index is 2.38. The molecule has 1 rings (SSSR count). The highest BCUT2D eigenvalue weighted by Gasteiger charge is 2.17. The van der Waals surface area contributed by atoms with E-state index < -0.39 is 0 Å². The molecule has 0 spiro atoms. The van der Waals surface area contributed by atoms with Gasteiger partial charge in [-0.25, -0.2) is 0 Å². The maximum Gasteiger partial charge on any atom is 0.0571 e. The Morgan fingerprint density at radius 3 is 2.35 bits per heavy atom. The first-order valence-corrected chi connectivity index (χ1v) is 6.83. The zero-order valence-corrected chi connectivity index (χ0v) is 11.4. The predicted octanol–water partition coefficient (Wildman–Crippen LogP) is 2.93. The van der Waals surface area contributed by atoms with Gasteiger partial charge in [-0.15, -0.1) is 0 Å².